The third kappa shape index (κ3) is 4.15. The molecule has 0 bridgehead atoms. The molecule has 118 valence electrons. The monoisotopic (exact) mass is 300 g/mol. The summed E-state index contributed by atoms with van der Waals surface area (Å²) in [6, 6.07) is 8.70. The molecule has 3 rings (SSSR count). The Bertz CT molecular complexity index is 561. The summed E-state index contributed by atoms with van der Waals surface area (Å²) in [7, 11) is 0. The molecule has 1 saturated heterocycles. The molecular weight excluding hydrogens is 276 g/mol. The quantitative estimate of drug-likeness (QED) is 0.919. The Morgan fingerprint density at radius 1 is 1.23 bits per heavy atom. The molecule has 0 spiro atoms. The summed E-state index contributed by atoms with van der Waals surface area (Å²) in [6.07, 6.45) is 5.48. The Morgan fingerprint density at radius 2 is 2.14 bits per heavy atom. The highest BCUT2D eigenvalue weighted by Gasteiger charge is 2.21. The van der Waals surface area contributed by atoms with Gasteiger partial charge in [0.1, 0.15) is 5.76 Å². The molecule has 0 radical (unpaired) electrons. The maximum atomic E-state index is 5.22. The molecule has 0 amide bonds. The predicted molar refractivity (Wildman–Crippen MR) is 85.2 cm³/mol. The molecule has 0 aliphatic carbocycles. The summed E-state index contributed by atoms with van der Waals surface area (Å²) in [5.74, 6) is 0.871. The molecule has 1 atom stereocenters. The molecular formula is C17H24N4O. The van der Waals surface area contributed by atoms with E-state index in [0.29, 0.717) is 6.04 Å². The molecule has 1 fully saturated rings. The lowest BCUT2D eigenvalue weighted by atomic mass is 10.1. The second kappa shape index (κ2) is 7.51. The van der Waals surface area contributed by atoms with Crippen molar-refractivity contribution in [2.45, 2.75) is 45.3 Å². The molecule has 3 heterocycles. The summed E-state index contributed by atoms with van der Waals surface area (Å²) in [5, 5.41) is 7.65. The second-order valence-electron chi connectivity index (χ2n) is 5.99. The summed E-state index contributed by atoms with van der Waals surface area (Å²) < 4.78 is 5.22. The van der Waals surface area contributed by atoms with E-state index in [2.05, 4.69) is 32.5 Å². The van der Waals surface area contributed by atoms with Crippen molar-refractivity contribution in [3.63, 3.8) is 0 Å². The highest BCUT2D eigenvalue weighted by atomic mass is 16.5. The fraction of sp³-hybridized carbons (Fsp3) is 0.529. The standard InChI is InChI=1S/C17H24N4O/c1-14-11-16(20-22-14)13-21(12-15-5-2-3-9-19-15)17-6-4-8-18-10-7-17/h2-3,5,9,11,17-18H,4,6-8,10,12-13H2,1H3/t17-/m1/s1. The Morgan fingerprint density at radius 3 is 2.91 bits per heavy atom. The van der Waals surface area contributed by atoms with Gasteiger partial charge in [0.15, 0.2) is 0 Å². The van der Waals surface area contributed by atoms with Gasteiger partial charge in [-0.15, -0.1) is 0 Å². The zero-order valence-electron chi connectivity index (χ0n) is 13.2. The molecule has 0 unspecified atom stereocenters. The Hall–Kier alpha value is -1.72. The van der Waals surface area contributed by atoms with Gasteiger partial charge in [0.25, 0.3) is 0 Å². The van der Waals surface area contributed by atoms with Gasteiger partial charge in [0.2, 0.25) is 0 Å². The lowest BCUT2D eigenvalue weighted by molar-refractivity contribution is 0.158. The van der Waals surface area contributed by atoms with Crippen LogP contribution in [0, 0.1) is 6.92 Å². The van der Waals surface area contributed by atoms with Gasteiger partial charge in [0, 0.05) is 31.4 Å². The van der Waals surface area contributed by atoms with Crippen molar-refractivity contribution in [3.8, 4) is 0 Å². The van der Waals surface area contributed by atoms with Crippen molar-refractivity contribution >= 4 is 0 Å². The lowest BCUT2D eigenvalue weighted by Gasteiger charge is -2.30. The fourth-order valence-corrected chi connectivity index (χ4v) is 3.08. The topological polar surface area (TPSA) is 54.2 Å². The van der Waals surface area contributed by atoms with Gasteiger partial charge in [-0.25, -0.2) is 0 Å². The molecule has 2 aromatic heterocycles. The van der Waals surface area contributed by atoms with E-state index in [1.54, 1.807) is 0 Å². The zero-order chi connectivity index (χ0) is 15.2. The first-order valence-corrected chi connectivity index (χ1v) is 8.08. The van der Waals surface area contributed by atoms with Gasteiger partial charge in [-0.1, -0.05) is 11.2 Å². The molecule has 1 aliphatic rings. The highest BCUT2D eigenvalue weighted by molar-refractivity contribution is 5.06. The minimum atomic E-state index is 0.564. The number of aryl methyl sites for hydroxylation is 1. The van der Waals surface area contributed by atoms with Crippen LogP contribution in [-0.2, 0) is 13.1 Å². The van der Waals surface area contributed by atoms with Crippen molar-refractivity contribution in [1.82, 2.24) is 20.4 Å². The second-order valence-corrected chi connectivity index (χ2v) is 5.99. The minimum Gasteiger partial charge on any atom is -0.361 e. The van der Waals surface area contributed by atoms with E-state index < -0.39 is 0 Å². The summed E-state index contributed by atoms with van der Waals surface area (Å²) in [4.78, 5) is 6.98. The lowest BCUT2D eigenvalue weighted by Crippen LogP contribution is -2.35. The molecule has 5 nitrogen and oxygen atoms in total. The first-order valence-electron chi connectivity index (χ1n) is 8.08. The van der Waals surface area contributed by atoms with Crippen molar-refractivity contribution in [2.75, 3.05) is 13.1 Å². The van der Waals surface area contributed by atoms with Crippen LogP contribution in [-0.4, -0.2) is 34.2 Å². The van der Waals surface area contributed by atoms with Crippen molar-refractivity contribution < 1.29 is 4.52 Å². The van der Waals surface area contributed by atoms with Crippen LogP contribution in [0.25, 0.3) is 0 Å². The molecule has 1 N–H and O–H groups in total. The average Bonchev–Trinajstić information content (AvgIpc) is 2.78. The van der Waals surface area contributed by atoms with Gasteiger partial charge in [-0.05, 0) is 51.4 Å². The predicted octanol–water partition coefficient (Wildman–Crippen LogP) is 2.52. The van der Waals surface area contributed by atoms with Gasteiger partial charge < -0.3 is 9.84 Å². The van der Waals surface area contributed by atoms with E-state index in [1.165, 1.54) is 19.3 Å². The third-order valence-corrected chi connectivity index (χ3v) is 4.19. The van der Waals surface area contributed by atoms with Crippen LogP contribution >= 0.6 is 0 Å². The summed E-state index contributed by atoms with van der Waals surface area (Å²) in [5.41, 5.74) is 2.12. The van der Waals surface area contributed by atoms with Crippen molar-refractivity contribution in [1.29, 1.82) is 0 Å². The fourth-order valence-electron chi connectivity index (χ4n) is 3.08. The van der Waals surface area contributed by atoms with Crippen LogP contribution in [0.4, 0.5) is 0 Å². The normalized spacial score (nSPS) is 19.3. The van der Waals surface area contributed by atoms with Crippen molar-refractivity contribution in [3.05, 3.63) is 47.6 Å². The van der Waals surface area contributed by atoms with E-state index in [1.807, 2.05) is 25.3 Å². The van der Waals surface area contributed by atoms with E-state index in [4.69, 9.17) is 4.52 Å². The smallest absolute Gasteiger partial charge is 0.133 e. The third-order valence-electron chi connectivity index (χ3n) is 4.19. The summed E-state index contributed by atoms with van der Waals surface area (Å²) >= 11 is 0. The number of rotatable bonds is 5. The number of nitrogens with one attached hydrogen (secondary N) is 1. The summed E-state index contributed by atoms with van der Waals surface area (Å²) in [6.45, 7) is 5.82. The van der Waals surface area contributed by atoms with Crippen LogP contribution in [0.15, 0.2) is 35.0 Å². The van der Waals surface area contributed by atoms with Crippen LogP contribution in [0.5, 0.6) is 0 Å². The highest BCUT2D eigenvalue weighted by Crippen LogP contribution is 2.19. The first kappa shape index (κ1) is 15.2. The van der Waals surface area contributed by atoms with E-state index >= 15 is 0 Å². The van der Waals surface area contributed by atoms with Crippen LogP contribution in [0.2, 0.25) is 0 Å². The van der Waals surface area contributed by atoms with E-state index in [-0.39, 0.29) is 0 Å². The minimum absolute atomic E-state index is 0.564. The molecule has 2 aromatic rings. The largest absolute Gasteiger partial charge is 0.361 e. The zero-order valence-corrected chi connectivity index (χ0v) is 13.2. The van der Waals surface area contributed by atoms with Gasteiger partial charge in [0.05, 0.1) is 11.4 Å². The molecule has 0 aromatic carbocycles. The Labute approximate surface area is 131 Å². The van der Waals surface area contributed by atoms with E-state index in [9.17, 15) is 0 Å². The first-order chi connectivity index (χ1) is 10.8. The number of hydrogen-bond acceptors (Lipinski definition) is 5. The van der Waals surface area contributed by atoms with Crippen LogP contribution in [0.3, 0.4) is 0 Å². The molecule has 1 aliphatic heterocycles. The SMILES string of the molecule is Cc1cc(CN(Cc2ccccn2)[C@@H]2CCCNCC2)no1. The number of pyridine rings is 1. The number of aromatic nitrogens is 2. The number of nitrogens with zero attached hydrogens (tertiary/aromatic N) is 3. The van der Waals surface area contributed by atoms with Crippen LogP contribution in [0.1, 0.15) is 36.4 Å². The molecule has 5 heteroatoms. The average molecular weight is 300 g/mol. The molecule has 22 heavy (non-hydrogen) atoms. The van der Waals surface area contributed by atoms with Gasteiger partial charge in [-0.3, -0.25) is 9.88 Å². The Kier molecular flexibility index (Phi) is 5.19. The van der Waals surface area contributed by atoms with Gasteiger partial charge in [-0.2, -0.15) is 0 Å². The maximum Gasteiger partial charge on any atom is 0.133 e. The van der Waals surface area contributed by atoms with E-state index in [0.717, 1.165) is 43.3 Å². The van der Waals surface area contributed by atoms with Crippen molar-refractivity contribution in [2.24, 2.45) is 0 Å². The Balaban J connectivity index is 1.74. The number of hydrogen-bond donors (Lipinski definition) is 1. The molecule has 0 saturated carbocycles. The maximum absolute atomic E-state index is 5.22. The van der Waals surface area contributed by atoms with Gasteiger partial charge >= 0.3 is 0 Å². The van der Waals surface area contributed by atoms with Crippen LogP contribution < -0.4 is 5.32 Å².